The highest BCUT2D eigenvalue weighted by molar-refractivity contribution is 7.09. The third-order valence-electron chi connectivity index (χ3n) is 4.13. The number of halogens is 1. The summed E-state index contributed by atoms with van der Waals surface area (Å²) in [5.74, 6) is -0.725. The molecule has 0 saturated heterocycles. The largest absolute Gasteiger partial charge is 0.351 e. The highest BCUT2D eigenvalue weighted by atomic mass is 32.1. The molecule has 0 aliphatic carbocycles. The van der Waals surface area contributed by atoms with Gasteiger partial charge in [-0.3, -0.25) is 9.59 Å². The smallest absolute Gasteiger partial charge is 0.267 e. The summed E-state index contributed by atoms with van der Waals surface area (Å²) in [6.07, 6.45) is 2.19. The topological polar surface area (TPSA) is 74.7 Å². The summed E-state index contributed by atoms with van der Waals surface area (Å²) in [5, 5.41) is 11.4. The van der Waals surface area contributed by atoms with E-state index in [1.54, 1.807) is 23.5 Å². The number of carbonyl (C=O) groups is 2. The van der Waals surface area contributed by atoms with E-state index in [1.807, 2.05) is 12.3 Å². The van der Waals surface area contributed by atoms with E-state index < -0.39 is 0 Å². The third kappa shape index (κ3) is 5.43. The van der Waals surface area contributed by atoms with Gasteiger partial charge in [-0.05, 0) is 31.0 Å². The Morgan fingerprint density at radius 2 is 2.07 bits per heavy atom. The molecule has 0 bridgehead atoms. The molecule has 1 aliphatic heterocycles. The number of rotatable bonds is 7. The lowest BCUT2D eigenvalue weighted by Crippen LogP contribution is -2.39. The van der Waals surface area contributed by atoms with Crippen LogP contribution in [0.3, 0.4) is 0 Å². The zero-order chi connectivity index (χ0) is 19.2. The molecule has 2 aromatic rings. The lowest BCUT2D eigenvalue weighted by Gasteiger charge is -2.23. The van der Waals surface area contributed by atoms with Gasteiger partial charge in [0.05, 0.1) is 11.6 Å². The minimum Gasteiger partial charge on any atom is -0.351 e. The first-order chi connectivity index (χ1) is 13.0. The fourth-order valence-electron chi connectivity index (χ4n) is 2.71. The Bertz CT molecular complexity index is 848. The number of hydrogen-bond acceptors (Lipinski definition) is 5. The Hall–Kier alpha value is -2.61. The van der Waals surface area contributed by atoms with Crippen molar-refractivity contribution in [2.24, 2.45) is 5.10 Å². The summed E-state index contributed by atoms with van der Waals surface area (Å²) in [6.45, 7) is 2.71. The highest BCUT2D eigenvalue weighted by Gasteiger charge is 2.24. The molecule has 0 saturated carbocycles. The number of aryl methyl sites for hydroxylation is 2. The minimum atomic E-state index is -0.333. The molecular formula is C19H21FN4O2S. The van der Waals surface area contributed by atoms with E-state index in [-0.39, 0.29) is 30.6 Å². The van der Waals surface area contributed by atoms with Gasteiger partial charge in [0, 0.05) is 36.9 Å². The summed E-state index contributed by atoms with van der Waals surface area (Å²) in [6, 6.07) is 5.88. The van der Waals surface area contributed by atoms with Gasteiger partial charge in [0.2, 0.25) is 5.91 Å². The highest BCUT2D eigenvalue weighted by Crippen LogP contribution is 2.14. The average Bonchev–Trinajstić information content (AvgIpc) is 3.07. The van der Waals surface area contributed by atoms with E-state index in [2.05, 4.69) is 15.4 Å². The molecule has 0 fully saturated rings. The van der Waals surface area contributed by atoms with Crippen LogP contribution in [0.1, 0.15) is 35.5 Å². The van der Waals surface area contributed by atoms with Gasteiger partial charge in [0.15, 0.2) is 0 Å². The fourth-order valence-corrected chi connectivity index (χ4v) is 3.53. The molecule has 8 heteroatoms. The standard InChI is InChI=1S/C19H21FN4O2S/c1-13-12-27-17(22-13)3-2-10-21-19(26)16-8-9-18(25)24(23-16)11-14-4-6-15(20)7-5-14/h4-7,12H,2-3,8-11H2,1H3,(H,21,26). The van der Waals surface area contributed by atoms with Crippen LogP contribution in [-0.4, -0.2) is 34.1 Å². The minimum absolute atomic E-state index is 0.144. The molecule has 0 atom stereocenters. The molecule has 3 rings (SSSR count). The summed E-state index contributed by atoms with van der Waals surface area (Å²) in [7, 11) is 0. The number of aromatic nitrogens is 1. The first kappa shape index (κ1) is 19.2. The molecule has 6 nitrogen and oxygen atoms in total. The molecule has 1 N–H and O–H groups in total. The SMILES string of the molecule is Cc1csc(CCCNC(=O)C2=NN(Cc3ccc(F)cc3)C(=O)CC2)n1. The van der Waals surface area contributed by atoms with Crippen molar-refractivity contribution in [2.45, 2.75) is 39.2 Å². The molecule has 1 aromatic heterocycles. The van der Waals surface area contributed by atoms with Crippen LogP contribution in [0, 0.1) is 12.7 Å². The van der Waals surface area contributed by atoms with E-state index in [0.29, 0.717) is 18.7 Å². The Morgan fingerprint density at radius 1 is 1.30 bits per heavy atom. The monoisotopic (exact) mass is 388 g/mol. The van der Waals surface area contributed by atoms with Crippen LogP contribution in [0.15, 0.2) is 34.7 Å². The van der Waals surface area contributed by atoms with Crippen molar-refractivity contribution in [3.8, 4) is 0 Å². The van der Waals surface area contributed by atoms with E-state index in [9.17, 15) is 14.0 Å². The van der Waals surface area contributed by atoms with Crippen LogP contribution >= 0.6 is 11.3 Å². The first-order valence-electron chi connectivity index (χ1n) is 8.83. The predicted octanol–water partition coefficient (Wildman–Crippen LogP) is 2.82. The lowest BCUT2D eigenvalue weighted by atomic mass is 10.1. The molecular weight excluding hydrogens is 367 g/mol. The molecule has 0 spiro atoms. The van der Waals surface area contributed by atoms with Crippen molar-refractivity contribution in [2.75, 3.05) is 6.54 Å². The summed E-state index contributed by atoms with van der Waals surface area (Å²) < 4.78 is 13.0. The van der Waals surface area contributed by atoms with Crippen LogP contribution in [0.5, 0.6) is 0 Å². The van der Waals surface area contributed by atoms with Crippen LogP contribution < -0.4 is 5.32 Å². The quantitative estimate of drug-likeness (QED) is 0.741. The maximum atomic E-state index is 13.0. The number of carbonyl (C=O) groups excluding carboxylic acids is 2. The van der Waals surface area contributed by atoms with E-state index >= 15 is 0 Å². The molecule has 0 unspecified atom stereocenters. The van der Waals surface area contributed by atoms with Crippen LogP contribution in [0.2, 0.25) is 0 Å². The van der Waals surface area contributed by atoms with Crippen LogP contribution in [0.4, 0.5) is 4.39 Å². The van der Waals surface area contributed by atoms with Gasteiger partial charge in [-0.15, -0.1) is 11.3 Å². The lowest BCUT2D eigenvalue weighted by molar-refractivity contribution is -0.132. The zero-order valence-electron chi connectivity index (χ0n) is 15.1. The van der Waals surface area contributed by atoms with Gasteiger partial charge >= 0.3 is 0 Å². The van der Waals surface area contributed by atoms with Gasteiger partial charge in [-0.25, -0.2) is 14.4 Å². The second kappa shape index (κ2) is 8.85. The number of hydrogen-bond donors (Lipinski definition) is 1. The van der Waals surface area contributed by atoms with Gasteiger partial charge < -0.3 is 5.32 Å². The second-order valence-corrected chi connectivity index (χ2v) is 7.31. The number of thiazole rings is 1. The van der Waals surface area contributed by atoms with Gasteiger partial charge in [-0.2, -0.15) is 5.10 Å². The average molecular weight is 388 g/mol. The van der Waals surface area contributed by atoms with Crippen LogP contribution in [-0.2, 0) is 22.6 Å². The van der Waals surface area contributed by atoms with Crippen molar-refractivity contribution in [3.63, 3.8) is 0 Å². The van der Waals surface area contributed by atoms with Crippen molar-refractivity contribution in [3.05, 3.63) is 51.7 Å². The van der Waals surface area contributed by atoms with Gasteiger partial charge in [0.1, 0.15) is 11.5 Å². The van der Waals surface area contributed by atoms with Crippen molar-refractivity contribution >= 4 is 28.9 Å². The Kier molecular flexibility index (Phi) is 6.28. The Morgan fingerprint density at radius 3 is 2.78 bits per heavy atom. The summed E-state index contributed by atoms with van der Waals surface area (Å²) in [5.41, 5.74) is 2.12. The number of benzene rings is 1. The molecule has 1 aliphatic rings. The second-order valence-electron chi connectivity index (χ2n) is 6.37. The molecule has 0 radical (unpaired) electrons. The zero-order valence-corrected chi connectivity index (χ0v) is 15.9. The normalized spacial score (nSPS) is 14.2. The number of nitrogens with zero attached hydrogens (tertiary/aromatic N) is 3. The molecule has 142 valence electrons. The molecule has 2 amide bonds. The predicted molar refractivity (Wildman–Crippen MR) is 102 cm³/mol. The van der Waals surface area contributed by atoms with Crippen molar-refractivity contribution in [1.29, 1.82) is 0 Å². The van der Waals surface area contributed by atoms with Crippen LogP contribution in [0.25, 0.3) is 0 Å². The molecule has 27 heavy (non-hydrogen) atoms. The number of hydrazone groups is 1. The third-order valence-corrected chi connectivity index (χ3v) is 5.16. The van der Waals surface area contributed by atoms with E-state index in [4.69, 9.17) is 0 Å². The van der Waals surface area contributed by atoms with E-state index in [1.165, 1.54) is 17.1 Å². The van der Waals surface area contributed by atoms with E-state index in [0.717, 1.165) is 29.1 Å². The first-order valence-corrected chi connectivity index (χ1v) is 9.71. The molecule has 1 aromatic carbocycles. The Labute approximate surface area is 161 Å². The molecule has 2 heterocycles. The maximum absolute atomic E-state index is 13.0. The van der Waals surface area contributed by atoms with Gasteiger partial charge in [0.25, 0.3) is 5.91 Å². The van der Waals surface area contributed by atoms with Crippen molar-refractivity contribution < 1.29 is 14.0 Å². The Balaban J connectivity index is 1.52. The number of nitrogens with one attached hydrogen (secondary N) is 1. The fraction of sp³-hybridized carbons (Fsp3) is 0.368. The summed E-state index contributed by atoms with van der Waals surface area (Å²) in [4.78, 5) is 28.8. The summed E-state index contributed by atoms with van der Waals surface area (Å²) >= 11 is 1.62. The van der Waals surface area contributed by atoms with Gasteiger partial charge in [-0.1, -0.05) is 12.1 Å². The van der Waals surface area contributed by atoms with Crippen molar-refractivity contribution in [1.82, 2.24) is 15.3 Å². The maximum Gasteiger partial charge on any atom is 0.267 e. The number of amides is 2.